The Bertz CT molecular complexity index is 2040. The molecule has 1 heterocycles. The van der Waals surface area contributed by atoms with Crippen molar-refractivity contribution >= 4 is 8.46 Å². The van der Waals surface area contributed by atoms with Crippen LogP contribution in [0.4, 0.5) is 4.20 Å². The Balaban J connectivity index is 1.51. The lowest BCUT2D eigenvalue weighted by molar-refractivity contribution is 0.516. The number of halogens is 1. The van der Waals surface area contributed by atoms with E-state index < -0.39 is 13.9 Å². The van der Waals surface area contributed by atoms with Crippen LogP contribution in [0.15, 0.2) is 146 Å². The van der Waals surface area contributed by atoms with Crippen molar-refractivity contribution in [3.8, 4) is 5.75 Å². The van der Waals surface area contributed by atoms with Crippen LogP contribution in [0.3, 0.4) is 0 Å². The zero-order valence-electron chi connectivity index (χ0n) is 32.5. The molecular weight excluding hydrogens is 667 g/mol. The fourth-order valence-corrected chi connectivity index (χ4v) is 9.37. The second-order valence-corrected chi connectivity index (χ2v) is 18.0. The number of rotatable bonds is 8. The van der Waals surface area contributed by atoms with Crippen molar-refractivity contribution in [3.05, 3.63) is 207 Å². The predicted octanol–water partition coefficient (Wildman–Crippen LogP) is 13.8. The molecule has 270 valence electrons. The van der Waals surface area contributed by atoms with Crippen molar-refractivity contribution in [2.24, 2.45) is 0 Å². The standard InChI is InChI=1S/C50H52FOP/c1-47(2,37-21-13-9-14-22-37)41-30-35-29-36-31-42(48(3,4)38-23-15-10-16-24-38)33-45(50(7,8)40-27-19-12-20-28-40)46(36)52-53(51)34-43(35)44(32-41)49(5,6)39-25-17-11-18-26-39/h9-28,30-33H,29,34H2,1-8H3. The molecule has 7 rings (SSSR count). The van der Waals surface area contributed by atoms with E-state index in [-0.39, 0.29) is 22.4 Å². The van der Waals surface area contributed by atoms with E-state index in [2.05, 4.69) is 201 Å². The highest BCUT2D eigenvalue weighted by molar-refractivity contribution is 7.46. The van der Waals surface area contributed by atoms with Gasteiger partial charge in [0.25, 0.3) is 8.46 Å². The molecule has 0 fully saturated rings. The first-order valence-corrected chi connectivity index (χ1v) is 20.2. The summed E-state index contributed by atoms with van der Waals surface area (Å²) in [6.45, 7) is 18.3. The van der Waals surface area contributed by atoms with E-state index in [1.54, 1.807) is 0 Å². The molecule has 1 unspecified atom stereocenters. The lowest BCUT2D eigenvalue weighted by Crippen LogP contribution is -2.27. The molecule has 3 heteroatoms. The molecule has 0 saturated heterocycles. The van der Waals surface area contributed by atoms with Crippen LogP contribution in [0.5, 0.6) is 5.75 Å². The smallest absolute Gasteiger partial charge is 0.280 e. The lowest BCUT2D eigenvalue weighted by Gasteiger charge is -2.37. The van der Waals surface area contributed by atoms with Gasteiger partial charge in [-0.3, -0.25) is 0 Å². The first-order valence-electron chi connectivity index (χ1n) is 18.9. The summed E-state index contributed by atoms with van der Waals surface area (Å²) in [6, 6.07) is 52.1. The molecule has 1 nitrogen and oxygen atoms in total. The van der Waals surface area contributed by atoms with Crippen LogP contribution in [-0.4, -0.2) is 0 Å². The molecule has 0 aromatic heterocycles. The quantitative estimate of drug-likeness (QED) is 0.142. The van der Waals surface area contributed by atoms with Crippen LogP contribution in [0.25, 0.3) is 0 Å². The Hall–Kier alpha value is -4.52. The van der Waals surface area contributed by atoms with Crippen molar-refractivity contribution in [1.29, 1.82) is 0 Å². The summed E-state index contributed by atoms with van der Waals surface area (Å²) in [5.41, 5.74) is 11.4. The molecule has 53 heavy (non-hydrogen) atoms. The molecule has 0 N–H and O–H groups in total. The topological polar surface area (TPSA) is 9.23 Å². The summed E-state index contributed by atoms with van der Waals surface area (Å²) < 4.78 is 23.6. The third kappa shape index (κ3) is 6.88. The van der Waals surface area contributed by atoms with Crippen LogP contribution >= 0.6 is 8.46 Å². The molecule has 6 aromatic rings. The molecule has 1 atom stereocenters. The highest BCUT2D eigenvalue weighted by Crippen LogP contribution is 2.54. The first kappa shape index (κ1) is 36.8. The van der Waals surface area contributed by atoms with Crippen molar-refractivity contribution < 1.29 is 8.72 Å². The third-order valence-electron chi connectivity index (χ3n) is 12.1. The Morgan fingerprint density at radius 1 is 0.434 bits per heavy atom. The first-order chi connectivity index (χ1) is 25.2. The maximum Gasteiger partial charge on any atom is 0.280 e. The van der Waals surface area contributed by atoms with Crippen molar-refractivity contribution in [2.45, 2.75) is 89.6 Å². The summed E-state index contributed by atoms with van der Waals surface area (Å²) in [5, 5.41) is 0. The summed E-state index contributed by atoms with van der Waals surface area (Å²) in [4.78, 5) is 0. The number of hydrogen-bond acceptors (Lipinski definition) is 1. The third-order valence-corrected chi connectivity index (χ3v) is 13.1. The van der Waals surface area contributed by atoms with Gasteiger partial charge in [-0.1, -0.05) is 201 Å². The summed E-state index contributed by atoms with van der Waals surface area (Å²) in [5.74, 6) is 0.697. The summed E-state index contributed by atoms with van der Waals surface area (Å²) in [7, 11) is -2.34. The van der Waals surface area contributed by atoms with Gasteiger partial charge in [0.05, 0.1) is 6.16 Å². The molecule has 6 aromatic carbocycles. The molecule has 0 amide bonds. The fourth-order valence-electron chi connectivity index (χ4n) is 8.27. The van der Waals surface area contributed by atoms with Gasteiger partial charge in [-0.2, -0.15) is 4.20 Å². The Morgan fingerprint density at radius 2 is 0.792 bits per heavy atom. The summed E-state index contributed by atoms with van der Waals surface area (Å²) in [6.07, 6.45) is 0.880. The largest absolute Gasteiger partial charge is 0.443 e. The van der Waals surface area contributed by atoms with Crippen LogP contribution in [-0.2, 0) is 34.2 Å². The van der Waals surface area contributed by atoms with Gasteiger partial charge < -0.3 is 4.52 Å². The molecule has 0 radical (unpaired) electrons. The minimum atomic E-state index is -2.34. The van der Waals surface area contributed by atoms with Crippen molar-refractivity contribution in [3.63, 3.8) is 0 Å². The van der Waals surface area contributed by atoms with Gasteiger partial charge in [0, 0.05) is 33.6 Å². The minimum absolute atomic E-state index is 0.240. The Labute approximate surface area is 318 Å². The zero-order chi connectivity index (χ0) is 37.6. The minimum Gasteiger partial charge on any atom is -0.443 e. The molecule has 1 aliphatic rings. The second-order valence-electron chi connectivity index (χ2n) is 16.9. The number of hydrogen-bond donors (Lipinski definition) is 0. The van der Waals surface area contributed by atoms with Crippen LogP contribution in [0, 0.1) is 0 Å². The van der Waals surface area contributed by atoms with E-state index in [1.165, 1.54) is 44.5 Å². The second kappa shape index (κ2) is 14.0. The molecule has 1 aliphatic heterocycles. The number of benzene rings is 6. The Morgan fingerprint density at radius 3 is 1.23 bits per heavy atom. The SMILES string of the molecule is CC(C)(c1ccccc1)c1cc2c(c(C(C)(C)c3ccccc3)c1)CP(F)Oc1c(cc(C(C)(C)c3ccccc3)cc1C(C)(C)c1ccccc1)C2. The van der Waals surface area contributed by atoms with E-state index >= 15 is 4.20 Å². The monoisotopic (exact) mass is 718 g/mol. The normalized spacial score (nSPS) is 15.1. The molecule has 0 aliphatic carbocycles. The molecule has 0 saturated carbocycles. The van der Waals surface area contributed by atoms with Crippen LogP contribution in [0.1, 0.15) is 117 Å². The van der Waals surface area contributed by atoms with E-state index in [0.717, 1.165) is 16.7 Å². The van der Waals surface area contributed by atoms with Gasteiger partial charge in [-0.25, -0.2) is 0 Å². The molecular formula is C50H52FOP. The maximum atomic E-state index is 17.0. The van der Waals surface area contributed by atoms with Gasteiger partial charge in [0.1, 0.15) is 5.75 Å². The van der Waals surface area contributed by atoms with Crippen LogP contribution < -0.4 is 4.52 Å². The predicted molar refractivity (Wildman–Crippen MR) is 222 cm³/mol. The Kier molecular flexibility index (Phi) is 9.75. The van der Waals surface area contributed by atoms with Crippen molar-refractivity contribution in [2.75, 3.05) is 0 Å². The molecule has 0 spiro atoms. The van der Waals surface area contributed by atoms with Gasteiger partial charge in [-0.15, -0.1) is 0 Å². The lowest BCUT2D eigenvalue weighted by atomic mass is 9.70. The van der Waals surface area contributed by atoms with Gasteiger partial charge >= 0.3 is 0 Å². The maximum absolute atomic E-state index is 17.0. The zero-order valence-corrected chi connectivity index (χ0v) is 33.4. The average Bonchev–Trinajstić information content (AvgIpc) is 3.16. The average molecular weight is 719 g/mol. The molecule has 0 bridgehead atoms. The van der Waals surface area contributed by atoms with Gasteiger partial charge in [-0.05, 0) is 55.6 Å². The fraction of sp³-hybridized carbons (Fsp3) is 0.280. The van der Waals surface area contributed by atoms with Gasteiger partial charge in [0.15, 0.2) is 0 Å². The number of fused-ring (bicyclic) bond motifs is 2. The van der Waals surface area contributed by atoms with E-state index in [4.69, 9.17) is 4.52 Å². The summed E-state index contributed by atoms with van der Waals surface area (Å²) >= 11 is 0. The van der Waals surface area contributed by atoms with E-state index in [0.29, 0.717) is 12.2 Å². The van der Waals surface area contributed by atoms with Crippen LogP contribution in [0.2, 0.25) is 0 Å². The highest BCUT2D eigenvalue weighted by Gasteiger charge is 2.38. The van der Waals surface area contributed by atoms with E-state index in [1.807, 2.05) is 0 Å². The van der Waals surface area contributed by atoms with Gasteiger partial charge in [0.2, 0.25) is 0 Å². The van der Waals surface area contributed by atoms with Crippen molar-refractivity contribution in [1.82, 2.24) is 0 Å². The highest BCUT2D eigenvalue weighted by atomic mass is 31.2. The van der Waals surface area contributed by atoms with E-state index in [9.17, 15) is 0 Å².